The molecule has 0 spiro atoms. The minimum Gasteiger partial charge on any atom is -0.333 e. The molecule has 1 saturated carbocycles. The summed E-state index contributed by atoms with van der Waals surface area (Å²) in [5, 5.41) is 4.88. The number of rotatable bonds is 6. The zero-order chi connectivity index (χ0) is 16.4. The van der Waals surface area contributed by atoms with E-state index in [1.807, 2.05) is 48.6 Å². The Morgan fingerprint density at radius 2 is 2.17 bits per heavy atom. The van der Waals surface area contributed by atoms with Crippen LogP contribution in [0.5, 0.6) is 0 Å². The van der Waals surface area contributed by atoms with Crippen molar-refractivity contribution in [2.24, 2.45) is 7.05 Å². The number of aryl methyl sites for hydroxylation is 2. The molecule has 5 heteroatoms. The zero-order valence-electron chi connectivity index (χ0n) is 13.6. The van der Waals surface area contributed by atoms with Crippen LogP contribution in [0.3, 0.4) is 0 Å². The second-order valence-corrected chi connectivity index (χ2v) is 6.66. The third-order valence-electron chi connectivity index (χ3n) is 4.39. The second-order valence-electron chi connectivity index (χ2n) is 6.25. The lowest BCUT2D eigenvalue weighted by molar-refractivity contribution is -0.134. The van der Waals surface area contributed by atoms with Gasteiger partial charge < -0.3 is 4.90 Å². The van der Waals surface area contributed by atoms with Crippen molar-refractivity contribution in [3.63, 3.8) is 0 Å². The van der Waals surface area contributed by atoms with Crippen molar-refractivity contribution in [3.05, 3.63) is 52.8 Å². The highest BCUT2D eigenvalue weighted by molar-refractivity contribution is 6.31. The maximum Gasteiger partial charge on any atom is 0.223 e. The first kappa shape index (κ1) is 16.1. The van der Waals surface area contributed by atoms with Crippen LogP contribution in [0.25, 0.3) is 0 Å². The lowest BCUT2D eigenvalue weighted by atomic mass is 10.1. The molecule has 1 aromatic heterocycles. The lowest BCUT2D eigenvalue weighted by Gasteiger charge is -2.30. The van der Waals surface area contributed by atoms with E-state index in [1.54, 1.807) is 4.68 Å². The number of aromatic nitrogens is 2. The Morgan fingerprint density at radius 1 is 1.43 bits per heavy atom. The number of carbonyl (C=O) groups excluding carboxylic acids is 1. The van der Waals surface area contributed by atoms with Crippen LogP contribution in [0.4, 0.5) is 0 Å². The van der Waals surface area contributed by atoms with Gasteiger partial charge in [-0.25, -0.2) is 0 Å². The van der Waals surface area contributed by atoms with Gasteiger partial charge in [-0.2, -0.15) is 5.10 Å². The van der Waals surface area contributed by atoms with Crippen molar-refractivity contribution in [2.75, 3.05) is 0 Å². The lowest BCUT2D eigenvalue weighted by Crippen LogP contribution is -2.35. The maximum atomic E-state index is 12.8. The Hall–Kier alpha value is -1.81. The van der Waals surface area contributed by atoms with Gasteiger partial charge in [0, 0.05) is 30.7 Å². The molecule has 23 heavy (non-hydrogen) atoms. The maximum absolute atomic E-state index is 12.8. The average Bonchev–Trinajstić information content (AvgIpc) is 3.27. The van der Waals surface area contributed by atoms with Gasteiger partial charge in [0.15, 0.2) is 0 Å². The van der Waals surface area contributed by atoms with Crippen LogP contribution in [-0.4, -0.2) is 26.6 Å². The molecule has 0 aliphatic heterocycles. The van der Waals surface area contributed by atoms with Crippen LogP contribution in [0.1, 0.15) is 43.4 Å². The first-order chi connectivity index (χ1) is 11.1. The van der Waals surface area contributed by atoms with E-state index in [0.717, 1.165) is 35.4 Å². The summed E-state index contributed by atoms with van der Waals surface area (Å²) in [6.07, 6.45) is 7.21. The van der Waals surface area contributed by atoms with Crippen LogP contribution in [-0.2, 0) is 18.3 Å². The molecule has 1 fully saturated rings. The molecule has 0 saturated heterocycles. The fraction of sp³-hybridized carbons (Fsp3) is 0.444. The monoisotopic (exact) mass is 331 g/mol. The smallest absolute Gasteiger partial charge is 0.223 e. The van der Waals surface area contributed by atoms with Gasteiger partial charge in [0.25, 0.3) is 0 Å². The van der Waals surface area contributed by atoms with Crippen molar-refractivity contribution in [1.29, 1.82) is 0 Å². The van der Waals surface area contributed by atoms with Crippen LogP contribution in [0, 0.1) is 0 Å². The summed E-state index contributed by atoms with van der Waals surface area (Å²) in [4.78, 5) is 14.8. The van der Waals surface area contributed by atoms with Crippen LogP contribution in [0.2, 0.25) is 5.02 Å². The van der Waals surface area contributed by atoms with E-state index < -0.39 is 0 Å². The zero-order valence-corrected chi connectivity index (χ0v) is 14.3. The fourth-order valence-corrected chi connectivity index (χ4v) is 3.33. The molecule has 1 aliphatic carbocycles. The van der Waals surface area contributed by atoms with Gasteiger partial charge in [-0.1, -0.05) is 29.8 Å². The third-order valence-corrected chi connectivity index (χ3v) is 4.73. The molecule has 0 N–H and O–H groups in total. The molecule has 2 aromatic rings. The number of halogens is 1. The molecule has 4 nitrogen and oxygen atoms in total. The molecule has 0 radical (unpaired) electrons. The summed E-state index contributed by atoms with van der Waals surface area (Å²) in [5.74, 6) is 0.198. The standard InChI is InChI=1S/C18H22ClN3O/c1-13(16-5-3-4-6-17(16)19)22(15-8-9-15)18(23)10-7-14-11-20-21(2)12-14/h3-6,11-13,15H,7-10H2,1-2H3. The highest BCUT2D eigenvalue weighted by atomic mass is 35.5. The number of nitrogens with zero attached hydrogens (tertiary/aromatic N) is 3. The molecule has 122 valence electrons. The molecule has 1 heterocycles. The van der Waals surface area contributed by atoms with Gasteiger partial charge in [0.2, 0.25) is 5.91 Å². The molecular weight excluding hydrogens is 310 g/mol. The summed E-state index contributed by atoms with van der Waals surface area (Å²) < 4.78 is 1.77. The normalized spacial score (nSPS) is 15.4. The Balaban J connectivity index is 1.71. The van der Waals surface area contributed by atoms with E-state index in [1.165, 1.54) is 0 Å². The topological polar surface area (TPSA) is 38.1 Å². The Labute approximate surface area is 142 Å². The molecule has 0 bridgehead atoms. The minimum atomic E-state index is 0.0117. The van der Waals surface area contributed by atoms with Gasteiger partial charge >= 0.3 is 0 Å². The molecule has 1 atom stereocenters. The van der Waals surface area contributed by atoms with Crippen LogP contribution in [0.15, 0.2) is 36.7 Å². The number of benzene rings is 1. The highest BCUT2D eigenvalue weighted by Gasteiger charge is 2.36. The highest BCUT2D eigenvalue weighted by Crippen LogP contribution is 2.37. The summed E-state index contributed by atoms with van der Waals surface area (Å²) in [5.41, 5.74) is 2.12. The Bertz CT molecular complexity index is 693. The fourth-order valence-electron chi connectivity index (χ4n) is 3.03. The van der Waals surface area contributed by atoms with E-state index in [2.05, 4.69) is 12.0 Å². The van der Waals surface area contributed by atoms with Crippen LogP contribution >= 0.6 is 11.6 Å². The predicted octanol–water partition coefficient (Wildman–Crippen LogP) is 3.76. The Morgan fingerprint density at radius 3 is 2.78 bits per heavy atom. The van der Waals surface area contributed by atoms with Crippen molar-refractivity contribution in [3.8, 4) is 0 Å². The van der Waals surface area contributed by atoms with E-state index >= 15 is 0 Å². The summed E-state index contributed by atoms with van der Waals surface area (Å²) in [6.45, 7) is 2.07. The predicted molar refractivity (Wildman–Crippen MR) is 91.3 cm³/mol. The van der Waals surface area contributed by atoms with Gasteiger partial charge in [0.1, 0.15) is 0 Å². The van der Waals surface area contributed by atoms with Crippen molar-refractivity contribution >= 4 is 17.5 Å². The minimum absolute atomic E-state index is 0.0117. The largest absolute Gasteiger partial charge is 0.333 e. The quantitative estimate of drug-likeness (QED) is 0.808. The van der Waals surface area contributed by atoms with Gasteiger partial charge in [-0.05, 0) is 43.4 Å². The van der Waals surface area contributed by atoms with Gasteiger partial charge in [-0.3, -0.25) is 9.48 Å². The number of hydrogen-bond donors (Lipinski definition) is 0. The van der Waals surface area contributed by atoms with Crippen molar-refractivity contribution in [1.82, 2.24) is 14.7 Å². The molecule has 1 unspecified atom stereocenters. The summed E-state index contributed by atoms with van der Waals surface area (Å²) >= 11 is 6.32. The van der Waals surface area contributed by atoms with Gasteiger partial charge in [0.05, 0.1) is 12.2 Å². The first-order valence-corrected chi connectivity index (χ1v) is 8.47. The molecule has 1 aromatic carbocycles. The van der Waals surface area contributed by atoms with Crippen LogP contribution < -0.4 is 0 Å². The number of hydrogen-bond acceptors (Lipinski definition) is 2. The van der Waals surface area contributed by atoms with Gasteiger partial charge in [-0.15, -0.1) is 0 Å². The average molecular weight is 332 g/mol. The first-order valence-electron chi connectivity index (χ1n) is 8.09. The summed E-state index contributed by atoms with van der Waals surface area (Å²) in [7, 11) is 1.89. The Kier molecular flexibility index (Phi) is 4.71. The number of carbonyl (C=O) groups is 1. The second kappa shape index (κ2) is 6.75. The molecule has 1 aliphatic rings. The number of amides is 1. The van der Waals surface area contributed by atoms with E-state index in [9.17, 15) is 4.79 Å². The third kappa shape index (κ3) is 3.75. The SMILES string of the molecule is CC(c1ccccc1Cl)N(C(=O)CCc1cnn(C)c1)C1CC1. The van der Waals surface area contributed by atoms with Crippen molar-refractivity contribution < 1.29 is 4.79 Å². The molecule has 3 rings (SSSR count). The van der Waals surface area contributed by atoms with E-state index in [4.69, 9.17) is 11.6 Å². The van der Waals surface area contributed by atoms with Crippen molar-refractivity contribution in [2.45, 2.75) is 44.7 Å². The molecule has 1 amide bonds. The van der Waals surface area contributed by atoms with E-state index in [-0.39, 0.29) is 11.9 Å². The van der Waals surface area contributed by atoms with E-state index in [0.29, 0.717) is 12.5 Å². The summed E-state index contributed by atoms with van der Waals surface area (Å²) in [6, 6.07) is 8.17. The molecular formula is C18H22ClN3O.